The van der Waals surface area contributed by atoms with E-state index in [2.05, 4.69) is 11.4 Å². The van der Waals surface area contributed by atoms with E-state index in [-0.39, 0.29) is 0 Å². The highest BCUT2D eigenvalue weighted by Crippen LogP contribution is 2.31. The first-order chi connectivity index (χ1) is 4.97. The summed E-state index contributed by atoms with van der Waals surface area (Å²) in [6.07, 6.45) is 9.18. The lowest BCUT2D eigenvalue weighted by molar-refractivity contribution is 0.595. The van der Waals surface area contributed by atoms with Gasteiger partial charge in [0, 0.05) is 18.2 Å². The first-order valence-corrected chi connectivity index (χ1v) is 4.34. The summed E-state index contributed by atoms with van der Waals surface area (Å²) in [5, 5.41) is 4.48. The van der Waals surface area contributed by atoms with E-state index in [0.717, 1.165) is 12.5 Å². The molecule has 1 aliphatic carbocycles. The Hall–Kier alpha value is -0.460. The molecule has 0 unspecified atom stereocenters. The van der Waals surface area contributed by atoms with Crippen LogP contribution in [0.5, 0.6) is 0 Å². The van der Waals surface area contributed by atoms with Crippen molar-refractivity contribution in [3.63, 3.8) is 0 Å². The number of hydrogen-bond acceptors (Lipinski definition) is 0. The molecule has 2 rings (SSSR count). The molecule has 1 radical (unpaired) electrons. The Labute approximate surface area is 62.5 Å². The zero-order valence-corrected chi connectivity index (χ0v) is 6.34. The first-order valence-electron chi connectivity index (χ1n) is 4.34. The van der Waals surface area contributed by atoms with E-state index in [0.29, 0.717) is 0 Å². The molecule has 10 heavy (non-hydrogen) atoms. The van der Waals surface area contributed by atoms with Crippen LogP contribution in [-0.4, -0.2) is 6.54 Å². The van der Waals surface area contributed by atoms with Crippen LogP contribution in [0.3, 0.4) is 0 Å². The minimum atomic E-state index is 0.850. The second kappa shape index (κ2) is 2.65. The molecule has 1 heteroatoms. The molecule has 0 N–H and O–H groups in total. The zero-order valence-electron chi connectivity index (χ0n) is 6.34. The summed E-state index contributed by atoms with van der Waals surface area (Å²) >= 11 is 0. The van der Waals surface area contributed by atoms with E-state index < -0.39 is 0 Å². The lowest BCUT2D eigenvalue weighted by atomic mass is 10.0. The fraction of sp³-hybridized carbons (Fsp3) is 0.778. The second-order valence-electron chi connectivity index (χ2n) is 3.28. The molecule has 0 spiro atoms. The van der Waals surface area contributed by atoms with E-state index in [1.54, 1.807) is 0 Å². The van der Waals surface area contributed by atoms with E-state index >= 15 is 0 Å². The highest BCUT2D eigenvalue weighted by Gasteiger charge is 2.21. The molecule has 0 aromatic heterocycles. The molecule has 2 aliphatic rings. The number of allylic oxidation sites excluding steroid dienone is 1. The summed E-state index contributed by atoms with van der Waals surface area (Å²) in [4.78, 5) is 0. The molecule has 1 aliphatic heterocycles. The predicted octanol–water partition coefficient (Wildman–Crippen LogP) is 2.07. The minimum Gasteiger partial charge on any atom is -0.289 e. The van der Waals surface area contributed by atoms with Crippen molar-refractivity contribution in [2.45, 2.75) is 32.1 Å². The maximum atomic E-state index is 4.48. The van der Waals surface area contributed by atoms with E-state index in [1.807, 2.05) is 0 Å². The summed E-state index contributed by atoms with van der Waals surface area (Å²) < 4.78 is 0. The topological polar surface area (TPSA) is 14.1 Å². The third-order valence-corrected chi connectivity index (χ3v) is 2.55. The number of hydrogen-bond donors (Lipinski definition) is 0. The maximum Gasteiger partial charge on any atom is 0.0427 e. The minimum absolute atomic E-state index is 0.850. The Morgan fingerprint density at radius 2 is 2.10 bits per heavy atom. The molecule has 0 aromatic carbocycles. The predicted molar refractivity (Wildman–Crippen MR) is 41.7 cm³/mol. The van der Waals surface area contributed by atoms with Crippen LogP contribution in [-0.2, 0) is 0 Å². The Balaban J connectivity index is 1.97. The van der Waals surface area contributed by atoms with Crippen molar-refractivity contribution in [1.82, 2.24) is 5.32 Å². The van der Waals surface area contributed by atoms with E-state index in [4.69, 9.17) is 0 Å². The van der Waals surface area contributed by atoms with Crippen LogP contribution in [0.1, 0.15) is 32.1 Å². The van der Waals surface area contributed by atoms with Crippen molar-refractivity contribution < 1.29 is 0 Å². The van der Waals surface area contributed by atoms with Crippen LogP contribution in [0.4, 0.5) is 0 Å². The SMILES string of the molecule is C1=C(C2CCCC2)[N]CC1. The molecule has 1 saturated carbocycles. The van der Waals surface area contributed by atoms with Gasteiger partial charge in [-0.05, 0) is 19.3 Å². The number of nitrogens with zero attached hydrogens (tertiary/aromatic N) is 1. The van der Waals surface area contributed by atoms with Gasteiger partial charge in [-0.1, -0.05) is 18.9 Å². The van der Waals surface area contributed by atoms with Crippen molar-refractivity contribution >= 4 is 0 Å². The standard InChI is InChI=1S/C9H14N/c1-2-5-8(4-1)9-6-3-7-10-9/h6,8H,1-5,7H2. The van der Waals surface area contributed by atoms with Gasteiger partial charge in [0.25, 0.3) is 0 Å². The van der Waals surface area contributed by atoms with Gasteiger partial charge in [0.05, 0.1) is 0 Å². The molecule has 55 valence electrons. The van der Waals surface area contributed by atoms with Gasteiger partial charge in [-0.2, -0.15) is 0 Å². The van der Waals surface area contributed by atoms with Gasteiger partial charge in [-0.3, -0.25) is 5.32 Å². The highest BCUT2D eigenvalue weighted by atomic mass is 14.9. The largest absolute Gasteiger partial charge is 0.289 e. The molecule has 0 amide bonds. The van der Waals surface area contributed by atoms with Gasteiger partial charge in [0.15, 0.2) is 0 Å². The molecular formula is C9H14N. The van der Waals surface area contributed by atoms with Crippen LogP contribution in [0.15, 0.2) is 11.8 Å². The Morgan fingerprint density at radius 3 is 2.70 bits per heavy atom. The van der Waals surface area contributed by atoms with Gasteiger partial charge in [-0.15, -0.1) is 0 Å². The van der Waals surface area contributed by atoms with Crippen molar-refractivity contribution in [3.05, 3.63) is 11.8 Å². The third-order valence-electron chi connectivity index (χ3n) is 2.55. The quantitative estimate of drug-likeness (QED) is 0.524. The van der Waals surface area contributed by atoms with Gasteiger partial charge >= 0.3 is 0 Å². The van der Waals surface area contributed by atoms with Gasteiger partial charge in [0.1, 0.15) is 0 Å². The van der Waals surface area contributed by atoms with Crippen LogP contribution in [0, 0.1) is 5.92 Å². The Bertz CT molecular complexity index is 143. The average molecular weight is 136 g/mol. The van der Waals surface area contributed by atoms with Gasteiger partial charge in [-0.25, -0.2) is 0 Å². The van der Waals surface area contributed by atoms with Crippen LogP contribution < -0.4 is 5.32 Å². The summed E-state index contributed by atoms with van der Waals surface area (Å²) in [6, 6.07) is 0. The number of rotatable bonds is 1. The van der Waals surface area contributed by atoms with Gasteiger partial charge < -0.3 is 0 Å². The maximum absolute atomic E-state index is 4.48. The van der Waals surface area contributed by atoms with Crippen LogP contribution in [0.25, 0.3) is 0 Å². The normalized spacial score (nSPS) is 26.6. The Kier molecular flexibility index (Phi) is 1.66. The average Bonchev–Trinajstić information content (AvgIpc) is 2.59. The third kappa shape index (κ3) is 1.05. The molecule has 1 nitrogen and oxygen atoms in total. The lowest BCUT2D eigenvalue weighted by Gasteiger charge is -2.08. The molecular weight excluding hydrogens is 122 g/mol. The fourth-order valence-corrected chi connectivity index (χ4v) is 1.99. The summed E-state index contributed by atoms with van der Waals surface area (Å²) in [7, 11) is 0. The smallest absolute Gasteiger partial charge is 0.0427 e. The van der Waals surface area contributed by atoms with Crippen molar-refractivity contribution in [2.24, 2.45) is 5.92 Å². The van der Waals surface area contributed by atoms with Crippen LogP contribution in [0.2, 0.25) is 0 Å². The lowest BCUT2D eigenvalue weighted by Crippen LogP contribution is -2.06. The summed E-state index contributed by atoms with van der Waals surface area (Å²) in [5.74, 6) is 0.850. The molecule has 1 heterocycles. The molecule has 1 fully saturated rings. The van der Waals surface area contributed by atoms with Crippen LogP contribution >= 0.6 is 0 Å². The second-order valence-corrected chi connectivity index (χ2v) is 3.28. The monoisotopic (exact) mass is 136 g/mol. The summed E-state index contributed by atoms with van der Waals surface area (Å²) in [5.41, 5.74) is 1.43. The summed E-state index contributed by atoms with van der Waals surface area (Å²) in [6.45, 7) is 1.06. The highest BCUT2D eigenvalue weighted by molar-refractivity contribution is 5.10. The molecule has 0 aromatic rings. The van der Waals surface area contributed by atoms with E-state index in [1.165, 1.54) is 37.8 Å². The molecule has 0 bridgehead atoms. The fourth-order valence-electron chi connectivity index (χ4n) is 1.99. The van der Waals surface area contributed by atoms with Crippen molar-refractivity contribution in [2.75, 3.05) is 6.54 Å². The zero-order chi connectivity index (χ0) is 6.81. The molecule has 0 atom stereocenters. The van der Waals surface area contributed by atoms with Gasteiger partial charge in [0.2, 0.25) is 0 Å². The Morgan fingerprint density at radius 1 is 1.30 bits per heavy atom. The van der Waals surface area contributed by atoms with Crippen molar-refractivity contribution in [1.29, 1.82) is 0 Å². The van der Waals surface area contributed by atoms with Crippen molar-refractivity contribution in [3.8, 4) is 0 Å². The molecule has 0 saturated heterocycles. The first kappa shape index (κ1) is 6.26. The van der Waals surface area contributed by atoms with E-state index in [9.17, 15) is 0 Å².